The maximum absolute atomic E-state index is 12.2. The fraction of sp³-hybridized carbons (Fsp3) is 0.462. The molecule has 0 saturated heterocycles. The van der Waals surface area contributed by atoms with Gasteiger partial charge in [0.05, 0.1) is 11.4 Å². The summed E-state index contributed by atoms with van der Waals surface area (Å²) in [6.45, 7) is 3.04. The number of anilines is 2. The monoisotopic (exact) mass is 216 g/mol. The highest BCUT2D eigenvalue weighted by atomic mass is 16.1. The van der Waals surface area contributed by atoms with Crippen molar-refractivity contribution in [3.63, 3.8) is 0 Å². The average molecular weight is 216 g/mol. The normalized spacial score (nSPS) is 23.9. The second-order valence-corrected chi connectivity index (χ2v) is 4.68. The quantitative estimate of drug-likeness (QED) is 0.677. The van der Waals surface area contributed by atoms with Gasteiger partial charge in [-0.3, -0.25) is 9.80 Å². The lowest BCUT2D eigenvalue weighted by Gasteiger charge is -2.13. The molecule has 0 saturated carbocycles. The Balaban J connectivity index is 1.98. The molecule has 0 bridgehead atoms. The molecule has 84 valence electrons. The van der Waals surface area contributed by atoms with Crippen LogP contribution in [0.1, 0.15) is 36.5 Å². The Bertz CT molecular complexity index is 442. The molecule has 0 fully saturated rings. The summed E-state index contributed by atoms with van der Waals surface area (Å²) in [6, 6.07) is 5.97. The molecule has 0 radical (unpaired) electrons. The lowest BCUT2D eigenvalue weighted by molar-refractivity contribution is 0.0923. The van der Waals surface area contributed by atoms with Crippen molar-refractivity contribution >= 4 is 17.2 Å². The molecule has 1 aromatic carbocycles. The van der Waals surface area contributed by atoms with Gasteiger partial charge in [-0.2, -0.15) is 0 Å². The highest BCUT2D eigenvalue weighted by molar-refractivity contribution is 6.11. The Labute approximate surface area is 95.4 Å². The summed E-state index contributed by atoms with van der Waals surface area (Å²) < 4.78 is 0. The summed E-state index contributed by atoms with van der Waals surface area (Å²) >= 11 is 0. The number of Topliss-reactive ketones (excluding diaryl/α,β-unsaturated/α-hetero) is 1. The third kappa shape index (κ3) is 1.43. The Morgan fingerprint density at radius 1 is 1.38 bits per heavy atom. The fourth-order valence-corrected chi connectivity index (χ4v) is 2.43. The van der Waals surface area contributed by atoms with Crippen molar-refractivity contribution in [1.82, 2.24) is 5.43 Å². The summed E-state index contributed by atoms with van der Waals surface area (Å²) in [5.41, 5.74) is 6.50. The van der Waals surface area contributed by atoms with Crippen molar-refractivity contribution in [3.05, 3.63) is 23.8 Å². The topological polar surface area (TPSA) is 32.1 Å². The number of nitrogens with zero attached hydrogens (tertiary/aromatic N) is 1. The number of benzene rings is 1. The summed E-state index contributed by atoms with van der Waals surface area (Å²) in [6.07, 6.45) is 3.26. The number of carbonyl (C=O) groups is 1. The predicted molar refractivity (Wildman–Crippen MR) is 63.9 cm³/mol. The van der Waals surface area contributed by atoms with E-state index < -0.39 is 0 Å². The third-order valence-electron chi connectivity index (χ3n) is 3.48. The summed E-state index contributed by atoms with van der Waals surface area (Å²) in [5, 5.41) is 2.05. The van der Waals surface area contributed by atoms with Crippen molar-refractivity contribution in [2.45, 2.75) is 26.2 Å². The summed E-state index contributed by atoms with van der Waals surface area (Å²) in [4.78, 5) is 12.2. The van der Waals surface area contributed by atoms with Gasteiger partial charge in [-0.1, -0.05) is 19.4 Å². The number of fused-ring (bicyclic) bond motifs is 1. The number of carbonyl (C=O) groups excluding carboxylic acids is 1. The first-order valence-corrected chi connectivity index (χ1v) is 6.00. The molecule has 3 heteroatoms. The lowest BCUT2D eigenvalue weighted by atomic mass is 9.94. The molecular weight excluding hydrogens is 200 g/mol. The Kier molecular flexibility index (Phi) is 2.21. The van der Waals surface area contributed by atoms with Crippen LogP contribution in [0.5, 0.6) is 0 Å². The van der Waals surface area contributed by atoms with Gasteiger partial charge in [-0.05, 0) is 25.0 Å². The van der Waals surface area contributed by atoms with Gasteiger partial charge >= 0.3 is 0 Å². The van der Waals surface area contributed by atoms with E-state index in [1.807, 2.05) is 24.1 Å². The highest BCUT2D eigenvalue weighted by Gasteiger charge is 2.35. The molecule has 1 unspecified atom stereocenters. The molecule has 2 aliphatic heterocycles. The number of ketones is 1. The fourth-order valence-electron chi connectivity index (χ4n) is 2.43. The van der Waals surface area contributed by atoms with Gasteiger partial charge in [0, 0.05) is 18.0 Å². The molecule has 0 aromatic heterocycles. The van der Waals surface area contributed by atoms with Gasteiger partial charge in [0.2, 0.25) is 0 Å². The zero-order valence-electron chi connectivity index (χ0n) is 9.49. The van der Waals surface area contributed by atoms with Gasteiger partial charge in [0.25, 0.3) is 0 Å². The molecule has 1 atom stereocenters. The summed E-state index contributed by atoms with van der Waals surface area (Å²) in [5.74, 6) is 0.454. The van der Waals surface area contributed by atoms with E-state index in [1.165, 1.54) is 5.69 Å². The van der Waals surface area contributed by atoms with Crippen molar-refractivity contribution in [2.75, 3.05) is 11.6 Å². The van der Waals surface area contributed by atoms with Crippen LogP contribution in [0.2, 0.25) is 0 Å². The number of rotatable bonds is 0. The Morgan fingerprint density at radius 3 is 3.12 bits per heavy atom. The van der Waals surface area contributed by atoms with Crippen LogP contribution in [0.15, 0.2) is 18.2 Å². The van der Waals surface area contributed by atoms with Gasteiger partial charge < -0.3 is 0 Å². The minimum atomic E-state index is 0.159. The Hall–Kier alpha value is -1.35. The van der Waals surface area contributed by atoms with E-state index in [2.05, 4.69) is 11.5 Å². The first-order chi connectivity index (χ1) is 7.79. The molecular formula is C13H16N2O. The molecule has 1 aromatic rings. The van der Waals surface area contributed by atoms with Gasteiger partial charge in [-0.25, -0.2) is 5.43 Å². The third-order valence-corrected chi connectivity index (χ3v) is 3.48. The number of para-hydroxylation sites is 1. The van der Waals surface area contributed by atoms with Crippen molar-refractivity contribution < 1.29 is 4.79 Å². The Morgan fingerprint density at radius 2 is 2.25 bits per heavy atom. The highest BCUT2D eigenvalue weighted by Crippen LogP contribution is 2.49. The van der Waals surface area contributed by atoms with E-state index in [0.717, 1.165) is 37.1 Å². The van der Waals surface area contributed by atoms with Crippen LogP contribution in [0, 0.1) is 5.92 Å². The molecule has 3 nitrogen and oxygen atoms in total. The second kappa shape index (κ2) is 3.59. The molecule has 0 aliphatic carbocycles. The number of hydrogen-bond donors (Lipinski definition) is 1. The SMILES string of the molecule is CC1CCCCNN2c3cccc(c32)C1=O. The average Bonchev–Trinajstić information content (AvgIpc) is 3.00. The predicted octanol–water partition coefficient (Wildman–Crippen LogP) is 2.65. The van der Waals surface area contributed by atoms with Gasteiger partial charge in [-0.15, -0.1) is 0 Å². The first kappa shape index (κ1) is 9.85. The minimum Gasteiger partial charge on any atom is -0.294 e. The van der Waals surface area contributed by atoms with Crippen LogP contribution in [-0.4, -0.2) is 12.3 Å². The zero-order chi connectivity index (χ0) is 11.1. The molecule has 3 rings (SSSR count). The molecule has 2 aliphatic rings. The largest absolute Gasteiger partial charge is 0.294 e. The van der Waals surface area contributed by atoms with Crippen LogP contribution in [-0.2, 0) is 0 Å². The zero-order valence-corrected chi connectivity index (χ0v) is 9.49. The van der Waals surface area contributed by atoms with E-state index in [1.54, 1.807) is 0 Å². The maximum atomic E-state index is 12.2. The van der Waals surface area contributed by atoms with Crippen LogP contribution >= 0.6 is 0 Å². The minimum absolute atomic E-state index is 0.159. The van der Waals surface area contributed by atoms with E-state index in [0.29, 0.717) is 5.78 Å². The number of nitrogens with one attached hydrogen (secondary N) is 1. The van der Waals surface area contributed by atoms with Crippen molar-refractivity contribution in [2.24, 2.45) is 5.92 Å². The lowest BCUT2D eigenvalue weighted by Crippen LogP contribution is -2.26. The molecule has 16 heavy (non-hydrogen) atoms. The van der Waals surface area contributed by atoms with E-state index in [4.69, 9.17) is 0 Å². The first-order valence-electron chi connectivity index (χ1n) is 6.00. The molecule has 1 N–H and O–H groups in total. The van der Waals surface area contributed by atoms with Crippen LogP contribution in [0.25, 0.3) is 0 Å². The second-order valence-electron chi connectivity index (χ2n) is 4.68. The molecule has 0 amide bonds. The molecule has 2 heterocycles. The standard InChI is InChI=1S/C13H16N2O/c1-9-5-2-3-8-14-15-11-7-4-6-10(12(11)15)13(9)16/h4,6-7,9,14H,2-3,5,8H2,1H3. The number of hydrogen-bond acceptors (Lipinski definition) is 3. The van der Waals surface area contributed by atoms with Crippen LogP contribution in [0.3, 0.4) is 0 Å². The summed E-state index contributed by atoms with van der Waals surface area (Å²) in [7, 11) is 0. The van der Waals surface area contributed by atoms with Crippen molar-refractivity contribution in [1.29, 1.82) is 0 Å². The maximum Gasteiger partial charge on any atom is 0.167 e. The number of hydrazine groups is 1. The van der Waals surface area contributed by atoms with Crippen molar-refractivity contribution in [3.8, 4) is 0 Å². The van der Waals surface area contributed by atoms with Gasteiger partial charge in [0.1, 0.15) is 0 Å². The van der Waals surface area contributed by atoms with E-state index in [-0.39, 0.29) is 5.92 Å². The van der Waals surface area contributed by atoms with E-state index in [9.17, 15) is 4.79 Å². The van der Waals surface area contributed by atoms with Crippen LogP contribution < -0.4 is 10.4 Å². The molecule has 0 spiro atoms. The van der Waals surface area contributed by atoms with E-state index >= 15 is 0 Å². The smallest absolute Gasteiger partial charge is 0.167 e. The van der Waals surface area contributed by atoms with Crippen LogP contribution in [0.4, 0.5) is 11.4 Å². The van der Waals surface area contributed by atoms with Gasteiger partial charge in [0.15, 0.2) is 5.78 Å².